The molecular weight excluding hydrogens is 354 g/mol. The van der Waals surface area contributed by atoms with Crippen molar-refractivity contribution in [2.45, 2.75) is 50.5 Å². The van der Waals surface area contributed by atoms with Crippen LogP contribution in [-0.2, 0) is 4.79 Å². The summed E-state index contributed by atoms with van der Waals surface area (Å²) in [7, 11) is 3.19. The molecule has 1 aliphatic carbocycles. The van der Waals surface area contributed by atoms with Crippen LogP contribution in [0.5, 0.6) is 11.5 Å². The Hall–Kier alpha value is -2.05. The van der Waals surface area contributed by atoms with E-state index >= 15 is 0 Å². The van der Waals surface area contributed by atoms with Crippen LogP contribution >= 0.6 is 0 Å². The SMILES string of the molecule is COc1cc(N[C@@H]2CCCN(C(=O)[C@H]3CCCC(F)(F)C3)C2)cc(OC)c1. The smallest absolute Gasteiger partial charge is 0.248 e. The third kappa shape index (κ3) is 5.02. The van der Waals surface area contributed by atoms with Gasteiger partial charge in [0.1, 0.15) is 11.5 Å². The van der Waals surface area contributed by atoms with E-state index in [2.05, 4.69) is 5.32 Å². The monoisotopic (exact) mass is 382 g/mol. The molecule has 2 atom stereocenters. The average molecular weight is 382 g/mol. The number of piperidine rings is 1. The molecule has 2 fully saturated rings. The number of alkyl halides is 2. The maximum atomic E-state index is 13.7. The predicted molar refractivity (Wildman–Crippen MR) is 99.7 cm³/mol. The van der Waals surface area contributed by atoms with Crippen molar-refractivity contribution in [2.75, 3.05) is 32.6 Å². The molecule has 0 spiro atoms. The van der Waals surface area contributed by atoms with Crippen LogP contribution in [-0.4, -0.2) is 50.1 Å². The maximum absolute atomic E-state index is 13.7. The van der Waals surface area contributed by atoms with Crippen LogP contribution in [0.2, 0.25) is 0 Å². The quantitative estimate of drug-likeness (QED) is 0.838. The van der Waals surface area contributed by atoms with Gasteiger partial charge in [0.2, 0.25) is 11.8 Å². The normalized spacial score (nSPS) is 25.0. The first-order valence-electron chi connectivity index (χ1n) is 9.56. The van der Waals surface area contributed by atoms with E-state index in [1.165, 1.54) is 0 Å². The second-order valence-corrected chi connectivity index (χ2v) is 7.52. The molecule has 3 rings (SSSR count). The number of amides is 1. The average Bonchev–Trinajstić information content (AvgIpc) is 2.66. The molecule has 5 nitrogen and oxygen atoms in total. The molecule has 0 radical (unpaired) electrons. The number of methoxy groups -OCH3 is 2. The number of benzene rings is 1. The number of halogens is 2. The van der Waals surface area contributed by atoms with Crippen molar-refractivity contribution >= 4 is 11.6 Å². The highest BCUT2D eigenvalue weighted by atomic mass is 19.3. The van der Waals surface area contributed by atoms with Crippen molar-refractivity contribution in [3.05, 3.63) is 18.2 Å². The number of nitrogens with one attached hydrogen (secondary N) is 1. The predicted octanol–water partition coefficient (Wildman–Crippen LogP) is 3.93. The molecule has 1 amide bonds. The zero-order valence-electron chi connectivity index (χ0n) is 16.0. The van der Waals surface area contributed by atoms with Crippen molar-refractivity contribution in [1.29, 1.82) is 0 Å². The van der Waals surface area contributed by atoms with Gasteiger partial charge in [0, 0.05) is 61.8 Å². The second kappa shape index (κ2) is 8.31. The number of likely N-dealkylation sites (tertiary alicyclic amines) is 1. The third-order valence-corrected chi connectivity index (χ3v) is 5.44. The molecule has 1 aromatic rings. The Morgan fingerprint density at radius 2 is 1.85 bits per heavy atom. The summed E-state index contributed by atoms with van der Waals surface area (Å²) in [5.74, 6) is -2.01. The summed E-state index contributed by atoms with van der Waals surface area (Å²) in [5, 5.41) is 3.43. The Morgan fingerprint density at radius 1 is 1.15 bits per heavy atom. The molecule has 7 heteroatoms. The zero-order chi connectivity index (χ0) is 19.4. The Morgan fingerprint density at radius 3 is 2.48 bits per heavy atom. The molecule has 0 bridgehead atoms. The van der Waals surface area contributed by atoms with E-state index < -0.39 is 11.8 Å². The Balaban J connectivity index is 1.63. The standard InChI is InChI=1S/C20H28F2N2O3/c1-26-17-9-16(10-18(11-17)27-2)23-15-6-4-8-24(13-15)19(25)14-5-3-7-20(21,22)12-14/h9-11,14-15,23H,3-8,12-13H2,1-2H3/t14-,15+/m0/s1. The van der Waals surface area contributed by atoms with Crippen LogP contribution in [0.4, 0.5) is 14.5 Å². The molecule has 2 aliphatic rings. The van der Waals surface area contributed by atoms with Crippen LogP contribution in [0, 0.1) is 5.92 Å². The number of carbonyl (C=O) groups excluding carboxylic acids is 1. The topological polar surface area (TPSA) is 50.8 Å². The van der Waals surface area contributed by atoms with Gasteiger partial charge in [0.15, 0.2) is 0 Å². The summed E-state index contributed by atoms with van der Waals surface area (Å²) >= 11 is 0. The lowest BCUT2D eigenvalue weighted by molar-refractivity contribution is -0.143. The van der Waals surface area contributed by atoms with Gasteiger partial charge in [0.05, 0.1) is 14.2 Å². The number of nitrogens with zero attached hydrogens (tertiary/aromatic N) is 1. The molecule has 0 unspecified atom stereocenters. The molecular formula is C20H28F2N2O3. The number of rotatable bonds is 5. The van der Waals surface area contributed by atoms with Crippen molar-refractivity contribution < 1.29 is 23.0 Å². The third-order valence-electron chi connectivity index (χ3n) is 5.44. The van der Waals surface area contributed by atoms with Crippen molar-refractivity contribution in [3.8, 4) is 11.5 Å². The van der Waals surface area contributed by atoms with Gasteiger partial charge in [-0.2, -0.15) is 0 Å². The lowest BCUT2D eigenvalue weighted by atomic mass is 9.85. The minimum Gasteiger partial charge on any atom is -0.497 e. The highest BCUT2D eigenvalue weighted by Crippen LogP contribution is 2.38. The van der Waals surface area contributed by atoms with Crippen molar-refractivity contribution in [3.63, 3.8) is 0 Å². The molecule has 1 saturated carbocycles. The first-order valence-corrected chi connectivity index (χ1v) is 9.56. The van der Waals surface area contributed by atoms with Gasteiger partial charge >= 0.3 is 0 Å². The summed E-state index contributed by atoms with van der Waals surface area (Å²) in [4.78, 5) is 14.5. The lowest BCUT2D eigenvalue weighted by Gasteiger charge is -2.37. The minimum absolute atomic E-state index is 0.0728. The summed E-state index contributed by atoms with van der Waals surface area (Å²) in [6, 6.07) is 5.63. The Labute approximate surface area is 159 Å². The van der Waals surface area contributed by atoms with Crippen LogP contribution in [0.15, 0.2) is 18.2 Å². The molecule has 150 valence electrons. The highest BCUT2D eigenvalue weighted by molar-refractivity contribution is 5.79. The first kappa shape index (κ1) is 19.7. The van der Waals surface area contributed by atoms with Crippen LogP contribution in [0.25, 0.3) is 0 Å². The summed E-state index contributed by atoms with van der Waals surface area (Å²) in [6.45, 7) is 1.17. The molecule has 0 aromatic heterocycles. The van der Waals surface area contributed by atoms with Gasteiger partial charge < -0.3 is 19.7 Å². The number of anilines is 1. The van der Waals surface area contributed by atoms with E-state index in [-0.39, 0.29) is 24.8 Å². The van der Waals surface area contributed by atoms with Gasteiger partial charge in [-0.25, -0.2) is 8.78 Å². The van der Waals surface area contributed by atoms with Crippen molar-refractivity contribution in [2.24, 2.45) is 5.92 Å². The highest BCUT2D eigenvalue weighted by Gasteiger charge is 2.41. The van der Waals surface area contributed by atoms with E-state index in [4.69, 9.17) is 9.47 Å². The summed E-state index contributed by atoms with van der Waals surface area (Å²) < 4.78 is 37.9. The van der Waals surface area contributed by atoms with Crippen LogP contribution < -0.4 is 14.8 Å². The molecule has 1 N–H and O–H groups in total. The van der Waals surface area contributed by atoms with Crippen LogP contribution in [0.1, 0.15) is 38.5 Å². The van der Waals surface area contributed by atoms with Gasteiger partial charge in [-0.1, -0.05) is 0 Å². The van der Waals surface area contributed by atoms with E-state index in [1.807, 2.05) is 12.1 Å². The van der Waals surface area contributed by atoms with Gasteiger partial charge in [-0.3, -0.25) is 4.79 Å². The molecule has 1 heterocycles. The number of hydrogen-bond acceptors (Lipinski definition) is 4. The zero-order valence-corrected chi connectivity index (χ0v) is 16.0. The number of carbonyl (C=O) groups is 1. The molecule has 27 heavy (non-hydrogen) atoms. The number of ether oxygens (including phenoxy) is 2. The minimum atomic E-state index is -2.71. The summed E-state index contributed by atoms with van der Waals surface area (Å²) in [6.07, 6.45) is 2.35. The fraction of sp³-hybridized carbons (Fsp3) is 0.650. The van der Waals surface area contributed by atoms with Crippen LogP contribution in [0.3, 0.4) is 0 Å². The van der Waals surface area contributed by atoms with Crippen molar-refractivity contribution in [1.82, 2.24) is 4.90 Å². The summed E-state index contributed by atoms with van der Waals surface area (Å²) in [5.41, 5.74) is 0.856. The fourth-order valence-electron chi connectivity index (χ4n) is 4.06. The van der Waals surface area contributed by atoms with E-state index in [0.717, 1.165) is 18.5 Å². The maximum Gasteiger partial charge on any atom is 0.248 e. The van der Waals surface area contributed by atoms with E-state index in [9.17, 15) is 13.6 Å². The van der Waals surface area contributed by atoms with Gasteiger partial charge in [-0.15, -0.1) is 0 Å². The fourth-order valence-corrected chi connectivity index (χ4v) is 4.06. The lowest BCUT2D eigenvalue weighted by Crippen LogP contribution is -2.48. The van der Waals surface area contributed by atoms with E-state index in [0.29, 0.717) is 37.4 Å². The van der Waals surface area contributed by atoms with Gasteiger partial charge in [0.25, 0.3) is 0 Å². The molecule has 1 saturated heterocycles. The van der Waals surface area contributed by atoms with Gasteiger partial charge in [-0.05, 0) is 25.7 Å². The molecule has 1 aromatic carbocycles. The second-order valence-electron chi connectivity index (χ2n) is 7.52. The molecule has 1 aliphatic heterocycles. The first-order chi connectivity index (χ1) is 12.9. The largest absolute Gasteiger partial charge is 0.497 e. The Bertz CT molecular complexity index is 646. The number of hydrogen-bond donors (Lipinski definition) is 1. The Kier molecular flexibility index (Phi) is 6.07. The van der Waals surface area contributed by atoms with E-state index in [1.54, 1.807) is 25.2 Å².